The van der Waals surface area contributed by atoms with Crippen molar-refractivity contribution in [3.63, 3.8) is 0 Å². The van der Waals surface area contributed by atoms with Gasteiger partial charge in [-0.3, -0.25) is 4.79 Å². The van der Waals surface area contributed by atoms with Gasteiger partial charge in [0.2, 0.25) is 5.91 Å². The molecule has 0 aliphatic carbocycles. The molecular formula is C14H23ClN2O3. The van der Waals surface area contributed by atoms with E-state index in [2.05, 4.69) is 5.32 Å². The second-order valence-electron chi connectivity index (χ2n) is 4.62. The fourth-order valence-corrected chi connectivity index (χ4v) is 1.41. The topological polar surface area (TPSA) is 73.6 Å². The summed E-state index contributed by atoms with van der Waals surface area (Å²) in [4.78, 5) is 11.8. The van der Waals surface area contributed by atoms with E-state index in [0.29, 0.717) is 18.9 Å². The van der Waals surface area contributed by atoms with E-state index in [4.69, 9.17) is 15.2 Å². The number of anilines is 1. The number of rotatable bonds is 7. The number of hydrogen-bond acceptors (Lipinski definition) is 4. The van der Waals surface area contributed by atoms with E-state index in [1.807, 2.05) is 13.8 Å². The van der Waals surface area contributed by atoms with Crippen LogP contribution in [0.1, 0.15) is 13.8 Å². The van der Waals surface area contributed by atoms with Crippen LogP contribution in [-0.4, -0.2) is 32.3 Å². The van der Waals surface area contributed by atoms with E-state index < -0.39 is 6.04 Å². The molecule has 0 aliphatic rings. The van der Waals surface area contributed by atoms with Gasteiger partial charge in [-0.15, -0.1) is 12.4 Å². The Morgan fingerprint density at radius 1 is 1.25 bits per heavy atom. The van der Waals surface area contributed by atoms with Gasteiger partial charge in [-0.2, -0.15) is 0 Å². The predicted molar refractivity (Wildman–Crippen MR) is 82.5 cm³/mol. The van der Waals surface area contributed by atoms with E-state index in [1.165, 1.54) is 0 Å². The molecule has 0 aromatic heterocycles. The number of halogens is 1. The normalized spacial score (nSPS) is 11.7. The molecule has 0 bridgehead atoms. The number of ether oxygens (including phenoxy) is 2. The Balaban J connectivity index is 0.00000361. The van der Waals surface area contributed by atoms with Gasteiger partial charge in [0.05, 0.1) is 12.6 Å². The van der Waals surface area contributed by atoms with Crippen LogP contribution in [0.15, 0.2) is 24.3 Å². The molecule has 1 aromatic rings. The van der Waals surface area contributed by atoms with Gasteiger partial charge in [0.15, 0.2) is 0 Å². The van der Waals surface area contributed by atoms with E-state index in [-0.39, 0.29) is 24.2 Å². The van der Waals surface area contributed by atoms with E-state index >= 15 is 0 Å². The smallest absolute Gasteiger partial charge is 0.241 e. The largest absolute Gasteiger partial charge is 0.491 e. The highest BCUT2D eigenvalue weighted by molar-refractivity contribution is 5.94. The molecule has 0 radical (unpaired) electrons. The Bertz CT molecular complexity index is 396. The quantitative estimate of drug-likeness (QED) is 0.756. The van der Waals surface area contributed by atoms with Crippen LogP contribution in [0.3, 0.4) is 0 Å². The lowest BCUT2D eigenvalue weighted by Crippen LogP contribution is -2.39. The van der Waals surface area contributed by atoms with Gasteiger partial charge in [0.25, 0.3) is 0 Å². The van der Waals surface area contributed by atoms with Crippen molar-refractivity contribution in [2.24, 2.45) is 11.7 Å². The van der Waals surface area contributed by atoms with Gasteiger partial charge >= 0.3 is 0 Å². The summed E-state index contributed by atoms with van der Waals surface area (Å²) in [7, 11) is 1.62. The Hall–Kier alpha value is -1.30. The number of nitrogens with one attached hydrogen (secondary N) is 1. The molecule has 0 spiro atoms. The second-order valence-corrected chi connectivity index (χ2v) is 4.62. The fourth-order valence-electron chi connectivity index (χ4n) is 1.41. The van der Waals surface area contributed by atoms with Gasteiger partial charge in [0, 0.05) is 12.8 Å². The number of carbonyl (C=O) groups is 1. The lowest BCUT2D eigenvalue weighted by Gasteiger charge is -2.15. The first-order valence-corrected chi connectivity index (χ1v) is 6.33. The molecule has 0 unspecified atom stereocenters. The highest BCUT2D eigenvalue weighted by Crippen LogP contribution is 2.16. The van der Waals surface area contributed by atoms with Crippen LogP contribution in [0, 0.1) is 5.92 Å². The molecule has 0 saturated heterocycles. The van der Waals surface area contributed by atoms with E-state index in [1.54, 1.807) is 31.4 Å². The van der Waals surface area contributed by atoms with Crippen LogP contribution in [0.2, 0.25) is 0 Å². The van der Waals surface area contributed by atoms with Crippen molar-refractivity contribution in [1.82, 2.24) is 0 Å². The van der Waals surface area contributed by atoms with Crippen molar-refractivity contribution in [3.8, 4) is 5.75 Å². The predicted octanol–water partition coefficient (Wildman–Crippen LogP) is 2.06. The molecule has 1 atom stereocenters. The number of nitrogens with two attached hydrogens (primary N) is 1. The van der Waals surface area contributed by atoms with Crippen LogP contribution in [-0.2, 0) is 9.53 Å². The number of amides is 1. The molecule has 3 N–H and O–H groups in total. The van der Waals surface area contributed by atoms with Gasteiger partial charge in [-0.25, -0.2) is 0 Å². The average Bonchev–Trinajstić information content (AvgIpc) is 2.40. The SMILES string of the molecule is COCCOc1ccc(NC(=O)[C@H](N)C(C)C)cc1.Cl. The summed E-state index contributed by atoms with van der Waals surface area (Å²) in [6.07, 6.45) is 0. The molecule has 1 rings (SSSR count). The van der Waals surface area contributed by atoms with Crippen LogP contribution < -0.4 is 15.8 Å². The molecule has 1 aromatic carbocycles. The van der Waals surface area contributed by atoms with Crippen molar-refractivity contribution in [2.45, 2.75) is 19.9 Å². The van der Waals surface area contributed by atoms with Gasteiger partial charge in [0.1, 0.15) is 12.4 Å². The van der Waals surface area contributed by atoms with Crippen LogP contribution in [0.25, 0.3) is 0 Å². The maximum atomic E-state index is 11.8. The Morgan fingerprint density at radius 3 is 2.35 bits per heavy atom. The van der Waals surface area contributed by atoms with Crippen LogP contribution >= 0.6 is 12.4 Å². The third kappa shape index (κ3) is 6.23. The zero-order valence-electron chi connectivity index (χ0n) is 12.1. The minimum Gasteiger partial charge on any atom is -0.491 e. The van der Waals surface area contributed by atoms with E-state index in [9.17, 15) is 4.79 Å². The summed E-state index contributed by atoms with van der Waals surface area (Å²) in [5.74, 6) is 0.669. The van der Waals surface area contributed by atoms with Crippen molar-refractivity contribution in [1.29, 1.82) is 0 Å². The molecule has 0 saturated carbocycles. The van der Waals surface area contributed by atoms with Crippen LogP contribution in [0.4, 0.5) is 5.69 Å². The zero-order chi connectivity index (χ0) is 14.3. The summed E-state index contributed by atoms with van der Waals surface area (Å²) < 4.78 is 10.3. The summed E-state index contributed by atoms with van der Waals surface area (Å²) in [5.41, 5.74) is 6.48. The molecule has 0 fully saturated rings. The molecule has 6 heteroatoms. The first kappa shape index (κ1) is 18.7. The molecule has 1 amide bonds. The molecule has 5 nitrogen and oxygen atoms in total. The zero-order valence-corrected chi connectivity index (χ0v) is 12.9. The van der Waals surface area contributed by atoms with Crippen molar-refractivity contribution >= 4 is 24.0 Å². The summed E-state index contributed by atoms with van der Waals surface area (Å²) in [6.45, 7) is 4.87. The van der Waals surface area contributed by atoms with Crippen molar-refractivity contribution in [3.05, 3.63) is 24.3 Å². The summed E-state index contributed by atoms with van der Waals surface area (Å²) in [5, 5.41) is 2.77. The number of benzene rings is 1. The lowest BCUT2D eigenvalue weighted by atomic mass is 10.1. The maximum Gasteiger partial charge on any atom is 0.241 e. The molecule has 20 heavy (non-hydrogen) atoms. The second kappa shape index (κ2) is 9.58. The lowest BCUT2D eigenvalue weighted by molar-refractivity contribution is -0.118. The van der Waals surface area contributed by atoms with Crippen molar-refractivity contribution in [2.75, 3.05) is 25.6 Å². The van der Waals surface area contributed by atoms with Crippen molar-refractivity contribution < 1.29 is 14.3 Å². The third-order valence-electron chi connectivity index (χ3n) is 2.70. The Morgan fingerprint density at radius 2 is 1.85 bits per heavy atom. The number of hydrogen-bond donors (Lipinski definition) is 2. The minimum atomic E-state index is -0.502. The Kier molecular flexibility index (Phi) is 8.96. The standard InChI is InChI=1S/C14H22N2O3.ClH/c1-10(2)13(15)14(17)16-11-4-6-12(7-5-11)19-9-8-18-3;/h4-7,10,13H,8-9,15H2,1-3H3,(H,16,17);1H/t13-;/m1./s1. The molecule has 0 aliphatic heterocycles. The number of carbonyl (C=O) groups excluding carboxylic acids is 1. The Labute approximate surface area is 126 Å². The van der Waals surface area contributed by atoms with Crippen LogP contribution in [0.5, 0.6) is 5.75 Å². The first-order chi connectivity index (χ1) is 9.04. The molecular weight excluding hydrogens is 280 g/mol. The van der Waals surface area contributed by atoms with E-state index in [0.717, 1.165) is 5.75 Å². The third-order valence-corrected chi connectivity index (χ3v) is 2.70. The van der Waals surface area contributed by atoms with Gasteiger partial charge in [-0.05, 0) is 30.2 Å². The highest BCUT2D eigenvalue weighted by Gasteiger charge is 2.16. The molecule has 0 heterocycles. The maximum absolute atomic E-state index is 11.8. The van der Waals surface area contributed by atoms with Gasteiger partial charge in [-0.1, -0.05) is 13.8 Å². The summed E-state index contributed by atoms with van der Waals surface area (Å²) >= 11 is 0. The summed E-state index contributed by atoms with van der Waals surface area (Å²) in [6, 6.07) is 6.66. The highest BCUT2D eigenvalue weighted by atomic mass is 35.5. The minimum absolute atomic E-state index is 0. The van der Waals surface area contributed by atoms with Gasteiger partial charge < -0.3 is 20.5 Å². The average molecular weight is 303 g/mol. The fraction of sp³-hybridized carbons (Fsp3) is 0.500. The number of methoxy groups -OCH3 is 1. The molecule has 114 valence electrons. The monoisotopic (exact) mass is 302 g/mol. The first-order valence-electron chi connectivity index (χ1n) is 6.33.